The van der Waals surface area contributed by atoms with Crippen LogP contribution in [-0.2, 0) is 29.5 Å². The minimum atomic E-state index is -4.92. The predicted molar refractivity (Wildman–Crippen MR) is 97.6 cm³/mol. The second kappa shape index (κ2) is 10.7. The van der Waals surface area contributed by atoms with Crippen LogP contribution in [0.2, 0.25) is 0 Å². The molecule has 1 aliphatic rings. The first-order valence-corrected chi connectivity index (χ1v) is 10.4. The number of hydrogen-bond acceptors (Lipinski definition) is 10. The standard InChI is InChI=1S/C13H16ClN5O7S2.Na/c1-6(2)26-18-10(8-5-27-13(16-8)17-9(20)3-14)11(21)15-7-4-19(12(7)22)28(23,24)25;/h5-7H,3-4H2,1-2H3,(H,15,21)(H,16,17,20)(H,23,24,25);/q;+1/p-1. The molecule has 0 saturated carbocycles. The number of aromatic nitrogens is 1. The van der Waals surface area contributed by atoms with Gasteiger partial charge >= 0.3 is 29.6 Å². The molecule has 0 bridgehead atoms. The number of nitrogens with one attached hydrogen (secondary N) is 2. The van der Waals surface area contributed by atoms with Gasteiger partial charge in [-0.25, -0.2) is 17.7 Å². The number of rotatable bonds is 8. The molecule has 2 rings (SSSR count). The van der Waals surface area contributed by atoms with E-state index in [1.54, 1.807) is 13.8 Å². The second-order valence-electron chi connectivity index (χ2n) is 5.67. The third-order valence-corrected chi connectivity index (χ3v) is 5.02. The van der Waals surface area contributed by atoms with Crippen molar-refractivity contribution in [1.29, 1.82) is 0 Å². The molecule has 1 aliphatic heterocycles. The van der Waals surface area contributed by atoms with Crippen LogP contribution in [0, 0.1) is 0 Å². The van der Waals surface area contributed by atoms with Gasteiger partial charge in [0, 0.05) is 5.38 Å². The summed E-state index contributed by atoms with van der Waals surface area (Å²) in [5, 5.41) is 9.97. The van der Waals surface area contributed by atoms with Crippen molar-refractivity contribution in [3.8, 4) is 0 Å². The molecular formula is C13H15ClN5NaO7S2. The van der Waals surface area contributed by atoms with Crippen molar-refractivity contribution in [2.45, 2.75) is 26.0 Å². The molecule has 1 aromatic rings. The van der Waals surface area contributed by atoms with E-state index in [1.807, 2.05) is 0 Å². The van der Waals surface area contributed by atoms with Gasteiger partial charge in [-0.2, -0.15) is 0 Å². The molecular weight excluding hydrogens is 461 g/mol. The van der Waals surface area contributed by atoms with Crippen LogP contribution in [0.3, 0.4) is 0 Å². The first-order valence-electron chi connectivity index (χ1n) is 7.66. The second-order valence-corrected chi connectivity index (χ2v) is 8.09. The van der Waals surface area contributed by atoms with E-state index in [-0.39, 0.29) is 62.4 Å². The summed E-state index contributed by atoms with van der Waals surface area (Å²) in [5.41, 5.74) is -0.249. The van der Waals surface area contributed by atoms with Gasteiger partial charge in [0.05, 0.1) is 6.54 Å². The van der Waals surface area contributed by atoms with E-state index >= 15 is 0 Å². The van der Waals surface area contributed by atoms with Crippen LogP contribution in [0.4, 0.5) is 5.13 Å². The van der Waals surface area contributed by atoms with E-state index < -0.39 is 40.6 Å². The van der Waals surface area contributed by atoms with E-state index in [1.165, 1.54) is 5.38 Å². The summed E-state index contributed by atoms with van der Waals surface area (Å²) < 4.78 is 32.6. The molecule has 1 unspecified atom stereocenters. The Morgan fingerprint density at radius 3 is 2.69 bits per heavy atom. The van der Waals surface area contributed by atoms with E-state index in [4.69, 9.17) is 16.4 Å². The molecule has 0 spiro atoms. The largest absolute Gasteiger partial charge is 1.00 e. The number of anilines is 1. The molecule has 0 radical (unpaired) electrons. The van der Waals surface area contributed by atoms with Crippen LogP contribution in [0.1, 0.15) is 19.5 Å². The Hall–Kier alpha value is -1.29. The minimum Gasteiger partial charge on any atom is -0.731 e. The van der Waals surface area contributed by atoms with Crippen LogP contribution in [0.5, 0.6) is 0 Å². The van der Waals surface area contributed by atoms with Crippen molar-refractivity contribution in [2.24, 2.45) is 5.16 Å². The number of hydrogen-bond donors (Lipinski definition) is 2. The molecule has 3 amide bonds. The molecule has 0 aromatic carbocycles. The first-order chi connectivity index (χ1) is 13.0. The molecule has 16 heteroatoms. The number of β-lactam (4-membered cyclic amide) rings is 1. The van der Waals surface area contributed by atoms with E-state index in [0.29, 0.717) is 0 Å². The van der Waals surface area contributed by atoms with Gasteiger partial charge in [0.25, 0.3) is 11.8 Å². The fourth-order valence-corrected chi connectivity index (χ4v) is 3.34. The summed E-state index contributed by atoms with van der Waals surface area (Å²) in [7, 11) is -4.92. The molecule has 29 heavy (non-hydrogen) atoms. The third-order valence-electron chi connectivity index (χ3n) is 3.15. The molecule has 2 N–H and O–H groups in total. The summed E-state index contributed by atoms with van der Waals surface area (Å²) in [5.74, 6) is -2.71. The van der Waals surface area contributed by atoms with Gasteiger partial charge in [-0.1, -0.05) is 5.16 Å². The summed E-state index contributed by atoms with van der Waals surface area (Å²) in [4.78, 5) is 44.6. The Morgan fingerprint density at radius 2 is 2.17 bits per heavy atom. The fourth-order valence-electron chi connectivity index (χ4n) is 1.89. The fraction of sp³-hybridized carbons (Fsp3) is 0.462. The molecule has 1 fully saturated rings. The number of thiazole rings is 1. The molecule has 1 aromatic heterocycles. The van der Waals surface area contributed by atoms with Crippen molar-refractivity contribution >= 4 is 61.8 Å². The van der Waals surface area contributed by atoms with Crippen molar-refractivity contribution in [1.82, 2.24) is 14.6 Å². The Kier molecular flexibility index (Phi) is 9.46. The molecule has 154 valence electrons. The van der Waals surface area contributed by atoms with Crippen LogP contribution in [0.15, 0.2) is 10.5 Å². The summed E-state index contributed by atoms with van der Waals surface area (Å²) in [6.45, 7) is 2.85. The van der Waals surface area contributed by atoms with E-state index in [2.05, 4.69) is 20.8 Å². The van der Waals surface area contributed by atoms with Crippen LogP contribution < -0.4 is 40.2 Å². The van der Waals surface area contributed by atoms with Gasteiger partial charge in [-0.3, -0.25) is 14.4 Å². The number of carbonyl (C=O) groups excluding carboxylic acids is 3. The Morgan fingerprint density at radius 1 is 1.52 bits per heavy atom. The summed E-state index contributed by atoms with van der Waals surface area (Å²) in [6.07, 6.45) is -0.372. The topological polar surface area (TPSA) is 170 Å². The van der Waals surface area contributed by atoms with Crippen molar-refractivity contribution < 1.29 is 61.7 Å². The van der Waals surface area contributed by atoms with Gasteiger partial charge in [0.1, 0.15) is 23.7 Å². The minimum absolute atomic E-state index is 0. The zero-order chi connectivity index (χ0) is 21.1. The maximum Gasteiger partial charge on any atom is 1.00 e. The number of carbonyl (C=O) groups is 3. The average molecular weight is 476 g/mol. The molecule has 1 saturated heterocycles. The molecule has 0 aliphatic carbocycles. The van der Waals surface area contributed by atoms with Crippen LogP contribution in [0.25, 0.3) is 0 Å². The number of amides is 3. The molecule has 2 heterocycles. The Balaban J connectivity index is 0.00000420. The number of oxime groups is 1. The SMILES string of the molecule is CC(C)ON=C(C(=O)NC1CN(S(=O)(=O)[O-])C1=O)c1csc(NC(=O)CCl)n1.[Na+]. The number of alkyl halides is 1. The first kappa shape index (κ1) is 25.7. The quantitative estimate of drug-likeness (QED) is 0.0963. The molecule has 1 atom stereocenters. The third kappa shape index (κ3) is 6.87. The Labute approximate surface area is 197 Å². The predicted octanol–water partition coefficient (Wildman–Crippen LogP) is -3.76. The monoisotopic (exact) mass is 475 g/mol. The zero-order valence-corrected chi connectivity index (χ0v) is 19.9. The Bertz CT molecular complexity index is 920. The van der Waals surface area contributed by atoms with Crippen LogP contribution >= 0.6 is 22.9 Å². The average Bonchev–Trinajstić information content (AvgIpc) is 3.04. The van der Waals surface area contributed by atoms with Crippen molar-refractivity contribution in [3.05, 3.63) is 11.1 Å². The van der Waals surface area contributed by atoms with Gasteiger partial charge < -0.3 is 20.0 Å². The maximum atomic E-state index is 12.5. The van der Waals surface area contributed by atoms with Crippen molar-refractivity contribution in [3.63, 3.8) is 0 Å². The molecule has 12 nitrogen and oxygen atoms in total. The van der Waals surface area contributed by atoms with Gasteiger partial charge in [-0.15, -0.1) is 22.9 Å². The maximum absolute atomic E-state index is 12.5. The van der Waals surface area contributed by atoms with Gasteiger partial charge in [-0.05, 0) is 13.8 Å². The van der Waals surface area contributed by atoms with E-state index in [9.17, 15) is 27.4 Å². The summed E-state index contributed by atoms with van der Waals surface area (Å²) in [6, 6.07) is -1.20. The number of nitrogens with zero attached hydrogens (tertiary/aromatic N) is 3. The van der Waals surface area contributed by atoms with Crippen molar-refractivity contribution in [2.75, 3.05) is 17.7 Å². The smallest absolute Gasteiger partial charge is 0.731 e. The van der Waals surface area contributed by atoms with Gasteiger partial charge in [0.15, 0.2) is 21.1 Å². The zero-order valence-electron chi connectivity index (χ0n) is 15.5. The van der Waals surface area contributed by atoms with Gasteiger partial charge in [0.2, 0.25) is 5.91 Å². The van der Waals surface area contributed by atoms with E-state index in [0.717, 1.165) is 11.3 Å². The summed E-state index contributed by atoms with van der Waals surface area (Å²) >= 11 is 6.40. The van der Waals surface area contributed by atoms with Crippen LogP contribution in [-0.4, -0.2) is 70.3 Å². The number of halogens is 1. The normalized spacial score (nSPS) is 16.7.